The number of halogens is 1. The van der Waals surface area contributed by atoms with Crippen LogP contribution in [0, 0.1) is 13.8 Å². The summed E-state index contributed by atoms with van der Waals surface area (Å²) in [5.74, 6) is 0.591. The van der Waals surface area contributed by atoms with Gasteiger partial charge in [0, 0.05) is 4.90 Å². The topological polar surface area (TPSA) is 9.23 Å². The highest BCUT2D eigenvalue weighted by atomic mass is 32.1. The number of rotatable bonds is 2. The minimum Gasteiger partial charge on any atom is -0.463 e. The second-order valence-corrected chi connectivity index (χ2v) is 3.07. The molecule has 1 aromatic rings. The fraction of sp³-hybridized carbons (Fsp3) is 0.333. The van der Waals surface area contributed by atoms with Crippen molar-refractivity contribution in [3.05, 3.63) is 23.3 Å². The Kier molecular flexibility index (Phi) is 2.98. The van der Waals surface area contributed by atoms with Crippen LogP contribution in [-0.2, 0) is 0 Å². The molecular weight excluding hydrogens is 175 g/mol. The van der Waals surface area contributed by atoms with Gasteiger partial charge in [0.05, 0.1) is 0 Å². The lowest BCUT2D eigenvalue weighted by atomic mass is 10.1. The molecule has 3 heteroatoms. The van der Waals surface area contributed by atoms with Crippen molar-refractivity contribution < 1.29 is 9.13 Å². The highest BCUT2D eigenvalue weighted by Crippen LogP contribution is 2.25. The van der Waals surface area contributed by atoms with Crippen molar-refractivity contribution in [3.63, 3.8) is 0 Å². The smallest absolute Gasteiger partial charge is 0.228 e. The molecule has 66 valence electrons. The van der Waals surface area contributed by atoms with Crippen molar-refractivity contribution in [1.29, 1.82) is 0 Å². The summed E-state index contributed by atoms with van der Waals surface area (Å²) in [6.07, 6.45) is 0. The van der Waals surface area contributed by atoms with Crippen LogP contribution < -0.4 is 4.74 Å². The molecule has 0 aliphatic rings. The second kappa shape index (κ2) is 3.81. The molecule has 0 unspecified atom stereocenters. The maximum Gasteiger partial charge on any atom is 0.228 e. The zero-order chi connectivity index (χ0) is 9.14. The third-order valence-corrected chi connectivity index (χ3v) is 2.40. The summed E-state index contributed by atoms with van der Waals surface area (Å²) in [7, 11) is 0. The van der Waals surface area contributed by atoms with E-state index >= 15 is 0 Å². The van der Waals surface area contributed by atoms with Crippen molar-refractivity contribution in [2.45, 2.75) is 18.7 Å². The monoisotopic (exact) mass is 186 g/mol. The third kappa shape index (κ3) is 1.72. The largest absolute Gasteiger partial charge is 0.463 e. The molecule has 0 N–H and O–H groups in total. The van der Waals surface area contributed by atoms with Crippen molar-refractivity contribution in [3.8, 4) is 5.75 Å². The molecule has 0 aliphatic heterocycles. The summed E-state index contributed by atoms with van der Waals surface area (Å²) >= 11 is 4.23. The number of hydrogen-bond acceptors (Lipinski definition) is 2. The van der Waals surface area contributed by atoms with Crippen LogP contribution in [0.15, 0.2) is 17.0 Å². The molecule has 0 saturated carbocycles. The van der Waals surface area contributed by atoms with Crippen LogP contribution in [0.1, 0.15) is 11.1 Å². The van der Waals surface area contributed by atoms with Crippen LogP contribution in [0.4, 0.5) is 4.39 Å². The van der Waals surface area contributed by atoms with Gasteiger partial charge < -0.3 is 4.74 Å². The van der Waals surface area contributed by atoms with Crippen LogP contribution in [0.5, 0.6) is 5.75 Å². The molecule has 0 aliphatic carbocycles. The molecule has 1 nitrogen and oxygen atoms in total. The predicted molar refractivity (Wildman–Crippen MR) is 49.8 cm³/mol. The highest BCUT2D eigenvalue weighted by Gasteiger charge is 2.04. The Hall–Kier alpha value is -0.700. The SMILES string of the molecule is Cc1c(S)ccc(OCF)c1C. The van der Waals surface area contributed by atoms with E-state index in [2.05, 4.69) is 12.6 Å². The third-order valence-electron chi connectivity index (χ3n) is 1.92. The lowest BCUT2D eigenvalue weighted by Gasteiger charge is -2.09. The molecule has 0 spiro atoms. The van der Waals surface area contributed by atoms with E-state index in [1.807, 2.05) is 13.8 Å². The quantitative estimate of drug-likeness (QED) is 0.699. The van der Waals surface area contributed by atoms with Gasteiger partial charge in [-0.3, -0.25) is 0 Å². The molecular formula is C9H11FOS. The van der Waals surface area contributed by atoms with Crippen LogP contribution in [-0.4, -0.2) is 6.86 Å². The van der Waals surface area contributed by atoms with Gasteiger partial charge in [0.2, 0.25) is 6.86 Å². The summed E-state index contributed by atoms with van der Waals surface area (Å²) < 4.78 is 16.6. The number of hydrogen-bond donors (Lipinski definition) is 1. The van der Waals surface area contributed by atoms with E-state index in [9.17, 15) is 4.39 Å². The molecule has 1 aromatic carbocycles. The standard InChI is InChI=1S/C9H11FOS/c1-6-7(2)9(12)4-3-8(6)11-5-10/h3-4,12H,5H2,1-2H3. The minimum atomic E-state index is -0.786. The van der Waals surface area contributed by atoms with Crippen molar-refractivity contribution in [2.24, 2.45) is 0 Å². The Morgan fingerprint density at radius 1 is 1.33 bits per heavy atom. The molecule has 1 rings (SSSR count). The Morgan fingerprint density at radius 3 is 2.58 bits per heavy atom. The Balaban J connectivity index is 3.08. The second-order valence-electron chi connectivity index (χ2n) is 2.59. The van der Waals surface area contributed by atoms with E-state index in [0.29, 0.717) is 5.75 Å². The molecule has 0 aromatic heterocycles. The van der Waals surface area contributed by atoms with Crippen LogP contribution >= 0.6 is 12.6 Å². The van der Waals surface area contributed by atoms with Gasteiger partial charge in [0.25, 0.3) is 0 Å². The van der Waals surface area contributed by atoms with Crippen LogP contribution in [0.25, 0.3) is 0 Å². The Labute approximate surface area is 77.0 Å². The molecule has 0 atom stereocenters. The molecule has 0 radical (unpaired) electrons. The van der Waals surface area contributed by atoms with Crippen molar-refractivity contribution >= 4 is 12.6 Å². The lowest BCUT2D eigenvalue weighted by Crippen LogP contribution is -1.94. The minimum absolute atomic E-state index is 0.591. The Morgan fingerprint density at radius 2 is 2.00 bits per heavy atom. The summed E-state index contributed by atoms with van der Waals surface area (Å²) in [6.45, 7) is 3.04. The Bertz CT molecular complexity index is 286. The zero-order valence-electron chi connectivity index (χ0n) is 7.10. The number of ether oxygens (including phenoxy) is 1. The summed E-state index contributed by atoms with van der Waals surface area (Å²) in [6, 6.07) is 3.53. The van der Waals surface area contributed by atoms with Gasteiger partial charge in [-0.2, -0.15) is 0 Å². The van der Waals surface area contributed by atoms with Gasteiger partial charge in [-0.05, 0) is 37.1 Å². The van der Waals surface area contributed by atoms with Crippen LogP contribution in [0.2, 0.25) is 0 Å². The van der Waals surface area contributed by atoms with Gasteiger partial charge in [-0.25, -0.2) is 4.39 Å². The summed E-state index contributed by atoms with van der Waals surface area (Å²) in [4.78, 5) is 0.902. The number of alkyl halides is 1. The van der Waals surface area contributed by atoms with Gasteiger partial charge in [0.15, 0.2) is 0 Å². The maximum absolute atomic E-state index is 11.8. The van der Waals surface area contributed by atoms with E-state index in [-0.39, 0.29) is 0 Å². The average Bonchev–Trinajstić information content (AvgIpc) is 2.07. The molecule has 0 heterocycles. The molecule has 0 amide bonds. The fourth-order valence-corrected chi connectivity index (χ4v) is 1.24. The molecule has 0 bridgehead atoms. The van der Waals surface area contributed by atoms with E-state index in [4.69, 9.17) is 4.74 Å². The first-order valence-corrected chi connectivity index (χ1v) is 4.09. The first kappa shape index (κ1) is 9.39. The summed E-state index contributed by atoms with van der Waals surface area (Å²) in [5.41, 5.74) is 1.98. The van der Waals surface area contributed by atoms with Gasteiger partial charge in [0.1, 0.15) is 5.75 Å². The van der Waals surface area contributed by atoms with Gasteiger partial charge in [-0.1, -0.05) is 0 Å². The highest BCUT2D eigenvalue weighted by molar-refractivity contribution is 7.80. The van der Waals surface area contributed by atoms with Crippen molar-refractivity contribution in [1.82, 2.24) is 0 Å². The average molecular weight is 186 g/mol. The van der Waals surface area contributed by atoms with E-state index in [0.717, 1.165) is 16.0 Å². The zero-order valence-corrected chi connectivity index (χ0v) is 7.99. The first-order chi connectivity index (χ1) is 5.66. The van der Waals surface area contributed by atoms with Gasteiger partial charge >= 0.3 is 0 Å². The first-order valence-electron chi connectivity index (χ1n) is 3.64. The fourth-order valence-electron chi connectivity index (χ4n) is 0.997. The normalized spacial score (nSPS) is 10.0. The van der Waals surface area contributed by atoms with Crippen molar-refractivity contribution in [2.75, 3.05) is 6.86 Å². The molecule has 0 fully saturated rings. The maximum atomic E-state index is 11.8. The predicted octanol–water partition coefficient (Wildman–Crippen LogP) is 2.90. The van der Waals surface area contributed by atoms with E-state index in [1.54, 1.807) is 12.1 Å². The van der Waals surface area contributed by atoms with Gasteiger partial charge in [-0.15, -0.1) is 12.6 Å². The molecule has 12 heavy (non-hydrogen) atoms. The lowest BCUT2D eigenvalue weighted by molar-refractivity contribution is 0.190. The van der Waals surface area contributed by atoms with E-state index in [1.165, 1.54) is 0 Å². The number of benzene rings is 1. The van der Waals surface area contributed by atoms with E-state index < -0.39 is 6.86 Å². The molecule has 0 saturated heterocycles. The van der Waals surface area contributed by atoms with Crippen LogP contribution in [0.3, 0.4) is 0 Å². The summed E-state index contributed by atoms with van der Waals surface area (Å²) in [5, 5.41) is 0. The number of thiol groups is 1.